The lowest BCUT2D eigenvalue weighted by Crippen LogP contribution is -2.16. The zero-order valence-electron chi connectivity index (χ0n) is 37.5. The lowest BCUT2D eigenvalue weighted by atomic mass is 9.90. The summed E-state index contributed by atoms with van der Waals surface area (Å²) in [6, 6.07) is 69.8. The molecule has 2 aliphatic rings. The highest BCUT2D eigenvalue weighted by molar-refractivity contribution is 6.33. The van der Waals surface area contributed by atoms with E-state index in [1.807, 2.05) is 0 Å². The van der Waals surface area contributed by atoms with E-state index in [4.69, 9.17) is 4.99 Å². The van der Waals surface area contributed by atoms with Crippen molar-refractivity contribution in [3.05, 3.63) is 222 Å². The van der Waals surface area contributed by atoms with Gasteiger partial charge in [0.1, 0.15) is 5.84 Å². The maximum Gasteiger partial charge on any atom is 0.146 e. The van der Waals surface area contributed by atoms with Gasteiger partial charge in [-0.3, -0.25) is 4.57 Å². The van der Waals surface area contributed by atoms with Crippen molar-refractivity contribution in [2.75, 3.05) is 0 Å². The third kappa shape index (κ3) is 5.63. The van der Waals surface area contributed by atoms with Gasteiger partial charge < -0.3 is 9.13 Å². The highest BCUT2D eigenvalue weighted by Gasteiger charge is 2.29. The lowest BCUT2D eigenvalue weighted by Gasteiger charge is -2.19. The zero-order chi connectivity index (χ0) is 44.3. The highest BCUT2D eigenvalue weighted by Crippen LogP contribution is 2.45. The van der Waals surface area contributed by atoms with Gasteiger partial charge in [0.2, 0.25) is 0 Å². The van der Waals surface area contributed by atoms with Crippen LogP contribution < -0.4 is 0 Å². The molecule has 12 aromatic rings. The third-order valence-electron chi connectivity index (χ3n) is 14.9. The number of nitrogens with zero attached hydrogens (tertiary/aromatic N) is 4. The molecule has 0 bridgehead atoms. The number of rotatable bonds is 4. The quantitative estimate of drug-likeness (QED) is 0.169. The summed E-state index contributed by atoms with van der Waals surface area (Å²) in [5, 5.41) is 11.3. The molecule has 318 valence electrons. The number of hydrogen-bond donors (Lipinski definition) is 0. The summed E-state index contributed by atoms with van der Waals surface area (Å²) in [5.41, 5.74) is 16.9. The molecule has 0 amide bonds. The first-order valence-corrected chi connectivity index (χ1v) is 23.8. The van der Waals surface area contributed by atoms with Crippen molar-refractivity contribution in [2.45, 2.75) is 39.0 Å². The molecule has 0 saturated carbocycles. The van der Waals surface area contributed by atoms with Gasteiger partial charge in [-0.05, 0) is 130 Å². The number of aromatic nitrogens is 3. The van der Waals surface area contributed by atoms with E-state index in [-0.39, 0.29) is 0 Å². The summed E-state index contributed by atoms with van der Waals surface area (Å²) < 4.78 is 7.47. The second kappa shape index (κ2) is 14.7. The van der Waals surface area contributed by atoms with Crippen molar-refractivity contribution in [3.8, 4) is 11.4 Å². The Bertz CT molecular complexity index is 4150. The van der Waals surface area contributed by atoms with Crippen LogP contribution >= 0.6 is 0 Å². The van der Waals surface area contributed by atoms with Gasteiger partial charge in [-0.2, -0.15) is 0 Å². The first-order valence-electron chi connectivity index (χ1n) is 23.8. The topological polar surface area (TPSA) is 27.1 Å². The van der Waals surface area contributed by atoms with Gasteiger partial charge in [-0.1, -0.05) is 153 Å². The predicted octanol–water partition coefficient (Wildman–Crippen LogP) is 16.7. The molecule has 0 saturated heterocycles. The van der Waals surface area contributed by atoms with Crippen LogP contribution in [0.25, 0.3) is 99.1 Å². The number of aliphatic imine (C=N–C) groups is 1. The molecule has 4 heterocycles. The van der Waals surface area contributed by atoms with Crippen molar-refractivity contribution in [3.63, 3.8) is 0 Å². The molecule has 1 aliphatic carbocycles. The SMILES string of the molecule is CCC1=C(c2ccc3c4ccccc4n(-c4ccccc4)c3c2)C(n2c3cc(-n4c5c(c6cc7ccccc7cc64)C(C)CC=C5)ccc3c3c4ccccc4ccc32)=Nc2ccccc2C1. The molecule has 1 aliphatic heterocycles. The Balaban J connectivity index is 1.10. The monoisotopic (exact) mass is 858 g/mol. The van der Waals surface area contributed by atoms with Gasteiger partial charge in [-0.15, -0.1) is 0 Å². The van der Waals surface area contributed by atoms with E-state index in [2.05, 4.69) is 228 Å². The van der Waals surface area contributed by atoms with Crippen LogP contribution in [0.4, 0.5) is 5.69 Å². The smallest absolute Gasteiger partial charge is 0.146 e. The number of hydrogen-bond acceptors (Lipinski definition) is 1. The minimum atomic E-state index is 0.407. The molecule has 0 N–H and O–H groups in total. The van der Waals surface area contributed by atoms with E-state index in [1.54, 1.807) is 0 Å². The average Bonchev–Trinajstić information content (AvgIpc) is 3.96. The first-order chi connectivity index (χ1) is 33.1. The Morgan fingerprint density at radius 2 is 1.21 bits per heavy atom. The van der Waals surface area contributed by atoms with Crippen LogP contribution in [-0.2, 0) is 6.42 Å². The summed E-state index contributed by atoms with van der Waals surface area (Å²) >= 11 is 0. The maximum atomic E-state index is 5.87. The van der Waals surface area contributed by atoms with Gasteiger partial charge >= 0.3 is 0 Å². The predicted molar refractivity (Wildman–Crippen MR) is 284 cm³/mol. The highest BCUT2D eigenvalue weighted by atomic mass is 15.1. The van der Waals surface area contributed by atoms with E-state index in [0.717, 1.165) is 53.2 Å². The summed E-state index contributed by atoms with van der Waals surface area (Å²) in [7, 11) is 0. The molecule has 1 atom stereocenters. The lowest BCUT2D eigenvalue weighted by molar-refractivity contribution is 0.773. The molecule has 9 aromatic carbocycles. The van der Waals surface area contributed by atoms with Crippen molar-refractivity contribution < 1.29 is 0 Å². The van der Waals surface area contributed by atoms with E-state index in [1.165, 1.54) is 98.6 Å². The second-order valence-corrected chi connectivity index (χ2v) is 18.6. The molecular weight excluding hydrogens is 813 g/mol. The van der Waals surface area contributed by atoms with Crippen LogP contribution in [0.15, 0.2) is 205 Å². The van der Waals surface area contributed by atoms with Crippen LogP contribution in [0.1, 0.15) is 55.0 Å². The molecule has 67 heavy (non-hydrogen) atoms. The van der Waals surface area contributed by atoms with E-state index in [9.17, 15) is 0 Å². The molecule has 4 heteroatoms. The van der Waals surface area contributed by atoms with Gasteiger partial charge in [-0.25, -0.2) is 4.99 Å². The fourth-order valence-corrected chi connectivity index (χ4v) is 11.8. The fourth-order valence-electron chi connectivity index (χ4n) is 11.8. The van der Waals surface area contributed by atoms with Gasteiger partial charge in [0, 0.05) is 49.6 Å². The molecule has 1 unspecified atom stereocenters. The van der Waals surface area contributed by atoms with Crippen LogP contribution in [0, 0.1) is 0 Å². The van der Waals surface area contributed by atoms with Crippen LogP contribution in [0.2, 0.25) is 0 Å². The Morgan fingerprint density at radius 3 is 2.07 bits per heavy atom. The Kier molecular flexibility index (Phi) is 8.33. The number of fused-ring (bicyclic) bond motifs is 13. The van der Waals surface area contributed by atoms with Crippen molar-refractivity contribution in [1.29, 1.82) is 0 Å². The summed E-state index contributed by atoms with van der Waals surface area (Å²) in [6.45, 7) is 4.70. The Labute approximate surface area is 388 Å². The number of benzene rings is 9. The number of allylic oxidation sites excluding steroid dienone is 3. The molecule has 0 radical (unpaired) electrons. The normalized spacial score (nSPS) is 15.1. The van der Waals surface area contributed by atoms with Gasteiger partial charge in [0.25, 0.3) is 0 Å². The molecular formula is C63H46N4. The second-order valence-electron chi connectivity index (χ2n) is 18.6. The zero-order valence-corrected chi connectivity index (χ0v) is 37.5. The maximum absolute atomic E-state index is 5.87. The largest absolute Gasteiger partial charge is 0.309 e. The van der Waals surface area contributed by atoms with Gasteiger partial charge in [0.15, 0.2) is 0 Å². The van der Waals surface area contributed by atoms with Crippen molar-refractivity contribution in [2.24, 2.45) is 4.99 Å². The molecule has 14 rings (SSSR count). The first kappa shape index (κ1) is 38.1. The molecule has 0 fully saturated rings. The standard InChI is InChI=1S/C63H46N4/c1-3-40-34-44-20-10-13-25-53(44)64-63(61(40)45-28-31-50-49-24-12-14-26-54(49)65(57(50)37-45)46-21-5-4-6-22-46)67-56-33-29-41-17-9-11-23-48(41)62(56)51-32-30-47(38-59(51)67)66-55-27-15-16-39(2)60(55)52-35-42-18-7-8-19-43(42)36-58(52)66/h4-15,17-33,35-39H,3,16,34H2,1-2H3. The molecule has 4 nitrogen and oxygen atoms in total. The average molecular weight is 859 g/mol. The molecule has 3 aromatic heterocycles. The summed E-state index contributed by atoms with van der Waals surface area (Å²) in [5.74, 6) is 1.36. The van der Waals surface area contributed by atoms with E-state index >= 15 is 0 Å². The van der Waals surface area contributed by atoms with E-state index in [0.29, 0.717) is 5.92 Å². The third-order valence-corrected chi connectivity index (χ3v) is 14.9. The summed E-state index contributed by atoms with van der Waals surface area (Å²) in [6.07, 6.45) is 7.46. The van der Waals surface area contributed by atoms with Gasteiger partial charge in [0.05, 0.1) is 33.3 Å². The Morgan fingerprint density at radius 1 is 0.507 bits per heavy atom. The minimum absolute atomic E-state index is 0.407. The van der Waals surface area contributed by atoms with E-state index < -0.39 is 0 Å². The fraction of sp³-hybridized carbons (Fsp3) is 0.0952. The van der Waals surface area contributed by atoms with Crippen LogP contribution in [0.5, 0.6) is 0 Å². The Hall–Kier alpha value is -8.21. The van der Waals surface area contributed by atoms with Crippen molar-refractivity contribution >= 4 is 99.2 Å². The number of para-hydroxylation sites is 3. The minimum Gasteiger partial charge on any atom is -0.309 e. The molecule has 0 spiro atoms. The summed E-state index contributed by atoms with van der Waals surface area (Å²) in [4.78, 5) is 5.87. The van der Waals surface area contributed by atoms with Crippen LogP contribution in [-0.4, -0.2) is 19.5 Å². The van der Waals surface area contributed by atoms with Crippen molar-refractivity contribution in [1.82, 2.24) is 13.7 Å². The van der Waals surface area contributed by atoms with Crippen LogP contribution in [0.3, 0.4) is 0 Å².